The van der Waals surface area contributed by atoms with Crippen LogP contribution in [0.2, 0.25) is 0 Å². The van der Waals surface area contributed by atoms with E-state index in [1.165, 1.54) is 0 Å². The zero-order valence-corrected chi connectivity index (χ0v) is 12.0. The van der Waals surface area contributed by atoms with Crippen molar-refractivity contribution in [1.82, 2.24) is 4.98 Å². The molecule has 2 atom stereocenters. The highest BCUT2D eigenvalue weighted by molar-refractivity contribution is 5.85. The fourth-order valence-electron chi connectivity index (χ4n) is 2.53. The van der Waals surface area contributed by atoms with E-state index in [1.807, 2.05) is 13.0 Å². The summed E-state index contributed by atoms with van der Waals surface area (Å²) in [6, 6.07) is 1.95. The minimum atomic E-state index is -0.956. The number of carboxylic acid groups (broad SMARTS) is 1. The van der Waals surface area contributed by atoms with Crippen LogP contribution in [0.25, 0.3) is 6.08 Å². The molecule has 0 amide bonds. The molecule has 5 nitrogen and oxygen atoms in total. The highest BCUT2D eigenvalue weighted by Gasteiger charge is 2.24. The van der Waals surface area contributed by atoms with Gasteiger partial charge in [-0.15, -0.1) is 0 Å². The number of hydrogen-bond donors (Lipinski definition) is 1. The summed E-state index contributed by atoms with van der Waals surface area (Å²) in [5.41, 5.74) is 1.84. The van der Waals surface area contributed by atoms with Gasteiger partial charge in [0.05, 0.1) is 12.2 Å². The first-order valence-corrected chi connectivity index (χ1v) is 6.73. The summed E-state index contributed by atoms with van der Waals surface area (Å²) < 4.78 is 5.72. The third-order valence-electron chi connectivity index (χ3n) is 3.21. The van der Waals surface area contributed by atoms with E-state index in [2.05, 4.69) is 23.7 Å². The van der Waals surface area contributed by atoms with Gasteiger partial charge in [0.2, 0.25) is 0 Å². The minimum Gasteiger partial charge on any atom is -0.478 e. The van der Waals surface area contributed by atoms with Crippen molar-refractivity contribution in [1.29, 1.82) is 0 Å². The first-order valence-electron chi connectivity index (χ1n) is 6.73. The van der Waals surface area contributed by atoms with Gasteiger partial charge in [0.1, 0.15) is 5.82 Å². The molecule has 2 heterocycles. The maximum Gasteiger partial charge on any atom is 0.328 e. The van der Waals surface area contributed by atoms with E-state index < -0.39 is 5.97 Å². The molecule has 108 valence electrons. The number of ether oxygens (including phenoxy) is 1. The van der Waals surface area contributed by atoms with Crippen LogP contribution < -0.4 is 4.90 Å². The molecule has 2 unspecified atom stereocenters. The minimum absolute atomic E-state index is 0.187. The third-order valence-corrected chi connectivity index (χ3v) is 3.21. The number of morpholine rings is 1. The summed E-state index contributed by atoms with van der Waals surface area (Å²) in [4.78, 5) is 17.2. The second kappa shape index (κ2) is 6.05. The van der Waals surface area contributed by atoms with Crippen molar-refractivity contribution < 1.29 is 14.6 Å². The normalized spacial score (nSPS) is 23.2. The lowest BCUT2D eigenvalue weighted by molar-refractivity contribution is -0.131. The summed E-state index contributed by atoms with van der Waals surface area (Å²) in [6.45, 7) is 7.75. The predicted octanol–water partition coefficient (Wildman–Crippen LogP) is 2.10. The molecule has 1 aromatic rings. The lowest BCUT2D eigenvalue weighted by Crippen LogP contribution is -2.46. The number of aliphatic carboxylic acids is 1. The van der Waals surface area contributed by atoms with Gasteiger partial charge in [0.25, 0.3) is 0 Å². The van der Waals surface area contributed by atoms with Gasteiger partial charge in [0, 0.05) is 25.4 Å². The van der Waals surface area contributed by atoms with Crippen LogP contribution >= 0.6 is 0 Å². The van der Waals surface area contributed by atoms with E-state index >= 15 is 0 Å². The van der Waals surface area contributed by atoms with Gasteiger partial charge in [0.15, 0.2) is 0 Å². The van der Waals surface area contributed by atoms with Crippen molar-refractivity contribution in [2.24, 2.45) is 0 Å². The number of carbonyl (C=O) groups is 1. The number of anilines is 1. The largest absolute Gasteiger partial charge is 0.478 e. The van der Waals surface area contributed by atoms with Crippen LogP contribution in [0, 0.1) is 6.92 Å². The Kier molecular flexibility index (Phi) is 4.39. The fourth-order valence-corrected chi connectivity index (χ4v) is 2.53. The number of pyridine rings is 1. The number of aromatic nitrogens is 1. The van der Waals surface area contributed by atoms with Gasteiger partial charge in [-0.2, -0.15) is 0 Å². The van der Waals surface area contributed by atoms with Crippen molar-refractivity contribution in [2.45, 2.75) is 33.0 Å². The highest BCUT2D eigenvalue weighted by Crippen LogP contribution is 2.22. The Morgan fingerprint density at radius 3 is 2.65 bits per heavy atom. The highest BCUT2D eigenvalue weighted by atomic mass is 16.5. The molecule has 1 aliphatic rings. The van der Waals surface area contributed by atoms with Crippen LogP contribution in [0.4, 0.5) is 5.82 Å². The lowest BCUT2D eigenvalue weighted by atomic mass is 10.1. The molecule has 0 saturated carbocycles. The third kappa shape index (κ3) is 3.57. The molecule has 1 N–H and O–H groups in total. The monoisotopic (exact) mass is 276 g/mol. The van der Waals surface area contributed by atoms with Crippen molar-refractivity contribution in [3.8, 4) is 0 Å². The maximum atomic E-state index is 10.5. The Balaban J connectivity index is 2.19. The number of aryl methyl sites for hydroxylation is 1. The number of carboxylic acids is 1. The van der Waals surface area contributed by atoms with Gasteiger partial charge in [-0.25, -0.2) is 9.78 Å². The Morgan fingerprint density at radius 1 is 1.45 bits per heavy atom. The van der Waals surface area contributed by atoms with Gasteiger partial charge in [-0.3, -0.25) is 0 Å². The molecule has 1 aliphatic heterocycles. The van der Waals surface area contributed by atoms with Crippen molar-refractivity contribution in [3.63, 3.8) is 0 Å². The molecule has 0 aliphatic carbocycles. The Labute approximate surface area is 118 Å². The Bertz CT molecular complexity index is 518. The van der Waals surface area contributed by atoms with Crippen LogP contribution in [0.1, 0.15) is 25.0 Å². The number of nitrogens with zero attached hydrogens (tertiary/aromatic N) is 2. The summed E-state index contributed by atoms with van der Waals surface area (Å²) in [5.74, 6) is -0.0120. The molecule has 5 heteroatoms. The second-order valence-electron chi connectivity index (χ2n) is 5.24. The summed E-state index contributed by atoms with van der Waals surface area (Å²) in [5, 5.41) is 8.63. The molecule has 0 aromatic carbocycles. The first kappa shape index (κ1) is 14.5. The average Bonchev–Trinajstić information content (AvgIpc) is 2.35. The SMILES string of the molecule is Cc1cc(/C=C/C(=O)O)cnc1N1CC(C)OC(C)C1. The number of rotatable bonds is 3. The van der Waals surface area contributed by atoms with E-state index in [4.69, 9.17) is 9.84 Å². The van der Waals surface area contributed by atoms with Crippen LogP contribution in [-0.4, -0.2) is 41.4 Å². The van der Waals surface area contributed by atoms with Crippen molar-refractivity contribution >= 4 is 17.9 Å². The average molecular weight is 276 g/mol. The molecule has 1 saturated heterocycles. The van der Waals surface area contributed by atoms with Gasteiger partial charge in [-0.05, 0) is 44.0 Å². The molecular weight excluding hydrogens is 256 g/mol. The summed E-state index contributed by atoms with van der Waals surface area (Å²) in [6.07, 6.45) is 4.75. The topological polar surface area (TPSA) is 62.7 Å². The van der Waals surface area contributed by atoms with Gasteiger partial charge < -0.3 is 14.7 Å². The molecule has 0 spiro atoms. The second-order valence-corrected chi connectivity index (χ2v) is 5.24. The molecule has 0 radical (unpaired) electrons. The van der Waals surface area contributed by atoms with Gasteiger partial charge >= 0.3 is 5.97 Å². The zero-order valence-electron chi connectivity index (χ0n) is 12.0. The smallest absolute Gasteiger partial charge is 0.328 e. The lowest BCUT2D eigenvalue weighted by Gasteiger charge is -2.36. The van der Waals surface area contributed by atoms with Crippen molar-refractivity contribution in [3.05, 3.63) is 29.5 Å². The van der Waals surface area contributed by atoms with E-state index in [-0.39, 0.29) is 12.2 Å². The van der Waals surface area contributed by atoms with Crippen LogP contribution in [0.3, 0.4) is 0 Å². The van der Waals surface area contributed by atoms with E-state index in [0.717, 1.165) is 36.1 Å². The quantitative estimate of drug-likeness (QED) is 0.857. The number of hydrogen-bond acceptors (Lipinski definition) is 4. The molecule has 1 aromatic heterocycles. The van der Waals surface area contributed by atoms with Crippen LogP contribution in [0.15, 0.2) is 18.3 Å². The standard InChI is InChI=1S/C15H20N2O3/c1-10-6-13(4-5-14(18)19)7-16-15(10)17-8-11(2)20-12(3)9-17/h4-7,11-12H,8-9H2,1-3H3,(H,18,19)/b5-4+. The summed E-state index contributed by atoms with van der Waals surface area (Å²) >= 11 is 0. The zero-order chi connectivity index (χ0) is 14.7. The van der Waals surface area contributed by atoms with Crippen molar-refractivity contribution in [2.75, 3.05) is 18.0 Å². The Morgan fingerprint density at radius 2 is 2.10 bits per heavy atom. The first-order chi connectivity index (χ1) is 9.45. The molecule has 1 fully saturated rings. The maximum absolute atomic E-state index is 10.5. The summed E-state index contributed by atoms with van der Waals surface area (Å²) in [7, 11) is 0. The van der Waals surface area contributed by atoms with E-state index in [9.17, 15) is 4.79 Å². The van der Waals surface area contributed by atoms with Gasteiger partial charge in [-0.1, -0.05) is 0 Å². The fraction of sp³-hybridized carbons (Fsp3) is 0.467. The van der Waals surface area contributed by atoms with Crippen LogP contribution in [-0.2, 0) is 9.53 Å². The molecule has 2 rings (SSSR count). The van der Waals surface area contributed by atoms with Crippen LogP contribution in [0.5, 0.6) is 0 Å². The predicted molar refractivity (Wildman–Crippen MR) is 77.9 cm³/mol. The Hall–Kier alpha value is -1.88. The van der Waals surface area contributed by atoms with E-state index in [0.29, 0.717) is 0 Å². The molecule has 20 heavy (non-hydrogen) atoms. The molecular formula is C15H20N2O3. The van der Waals surface area contributed by atoms with E-state index in [1.54, 1.807) is 12.3 Å². The molecule has 0 bridgehead atoms.